The normalized spacial score (nSPS) is 17.3. The van der Waals surface area contributed by atoms with E-state index in [9.17, 15) is 14.5 Å². The number of nitrogens with zero attached hydrogens (tertiary/aromatic N) is 3. The van der Waals surface area contributed by atoms with Gasteiger partial charge in [0.2, 0.25) is 0 Å². The third-order valence-electron chi connectivity index (χ3n) is 5.79. The van der Waals surface area contributed by atoms with Crippen molar-refractivity contribution < 1.29 is 18.5 Å². The van der Waals surface area contributed by atoms with Crippen LogP contribution in [0.2, 0.25) is 0 Å². The molecule has 0 radical (unpaired) electrons. The second-order valence-electron chi connectivity index (χ2n) is 7.79. The smallest absolute Gasteiger partial charge is 0.273 e. The largest absolute Gasteiger partial charge is 0.496 e. The van der Waals surface area contributed by atoms with Crippen LogP contribution in [0, 0.1) is 15.9 Å². The molecule has 2 atom stereocenters. The fraction of sp³-hybridized carbons (Fsp3) is 0.120. The van der Waals surface area contributed by atoms with Crippen LogP contribution in [0.1, 0.15) is 23.5 Å². The van der Waals surface area contributed by atoms with E-state index in [4.69, 9.17) is 21.4 Å². The van der Waals surface area contributed by atoms with Crippen molar-refractivity contribution in [3.63, 3.8) is 0 Å². The van der Waals surface area contributed by atoms with Gasteiger partial charge in [-0.25, -0.2) is 4.39 Å². The van der Waals surface area contributed by atoms with Crippen LogP contribution in [0.15, 0.2) is 83.4 Å². The summed E-state index contributed by atoms with van der Waals surface area (Å²) in [5.41, 5.74) is 1.47. The number of pyridine rings is 1. The van der Waals surface area contributed by atoms with Crippen molar-refractivity contribution >= 4 is 28.7 Å². The number of non-ortho nitro benzene ring substituents is 1. The summed E-state index contributed by atoms with van der Waals surface area (Å²) in [7, 11) is 1.43. The van der Waals surface area contributed by atoms with Crippen molar-refractivity contribution in [2.45, 2.75) is 12.1 Å². The zero-order valence-corrected chi connectivity index (χ0v) is 19.2. The number of aromatic nitrogens is 1. The molecule has 0 aliphatic carbocycles. The molecule has 1 aliphatic heterocycles. The van der Waals surface area contributed by atoms with E-state index < -0.39 is 22.8 Å². The molecule has 1 N–H and O–H groups in total. The highest BCUT2D eigenvalue weighted by molar-refractivity contribution is 7.80. The van der Waals surface area contributed by atoms with E-state index >= 15 is 0 Å². The minimum absolute atomic E-state index is 0.0938. The number of nitro groups is 1. The van der Waals surface area contributed by atoms with Crippen molar-refractivity contribution in [1.82, 2.24) is 10.3 Å². The number of nitro benzene ring substituents is 1. The molecule has 176 valence electrons. The van der Waals surface area contributed by atoms with E-state index in [2.05, 4.69) is 10.3 Å². The molecule has 3 heterocycles. The number of thiocarbonyl (C=S) groups is 1. The Morgan fingerprint density at radius 1 is 1.14 bits per heavy atom. The molecule has 2 aromatic heterocycles. The van der Waals surface area contributed by atoms with Gasteiger partial charge >= 0.3 is 0 Å². The summed E-state index contributed by atoms with van der Waals surface area (Å²) in [4.78, 5) is 16.8. The number of anilines is 1. The lowest BCUT2D eigenvalue weighted by atomic mass is 10.0. The second kappa shape index (κ2) is 9.15. The summed E-state index contributed by atoms with van der Waals surface area (Å²) < 4.78 is 26.5. The fourth-order valence-electron chi connectivity index (χ4n) is 4.20. The number of rotatable bonds is 6. The molecule has 0 amide bonds. The number of furan rings is 1. The van der Waals surface area contributed by atoms with Crippen molar-refractivity contribution in [2.75, 3.05) is 12.0 Å². The monoisotopic (exact) mass is 490 g/mol. The Bertz CT molecular complexity index is 1410. The van der Waals surface area contributed by atoms with Crippen molar-refractivity contribution in [3.8, 4) is 17.1 Å². The van der Waals surface area contributed by atoms with Crippen LogP contribution in [0.25, 0.3) is 11.3 Å². The third kappa shape index (κ3) is 4.08. The van der Waals surface area contributed by atoms with Crippen molar-refractivity contribution in [3.05, 3.63) is 106 Å². The van der Waals surface area contributed by atoms with Gasteiger partial charge in [0.05, 0.1) is 41.1 Å². The average Bonchev–Trinajstić information content (AvgIpc) is 3.49. The molecular weight excluding hydrogens is 471 g/mol. The molecule has 0 spiro atoms. The first-order valence-electron chi connectivity index (χ1n) is 10.7. The number of benzene rings is 2. The molecule has 5 rings (SSSR count). The second-order valence-corrected chi connectivity index (χ2v) is 8.18. The van der Waals surface area contributed by atoms with Gasteiger partial charge in [0.25, 0.3) is 5.69 Å². The van der Waals surface area contributed by atoms with Gasteiger partial charge < -0.3 is 19.4 Å². The number of hydrogen-bond donors (Lipinski definition) is 1. The van der Waals surface area contributed by atoms with Gasteiger partial charge in [0, 0.05) is 12.3 Å². The fourth-order valence-corrected chi connectivity index (χ4v) is 4.54. The van der Waals surface area contributed by atoms with Crippen LogP contribution >= 0.6 is 12.2 Å². The lowest BCUT2D eigenvalue weighted by Crippen LogP contribution is -2.30. The predicted octanol–water partition coefficient (Wildman–Crippen LogP) is 5.57. The molecule has 1 aliphatic rings. The molecule has 4 aromatic rings. The van der Waals surface area contributed by atoms with Gasteiger partial charge in [-0.15, -0.1) is 0 Å². The topological polar surface area (TPSA) is 93.7 Å². The van der Waals surface area contributed by atoms with Gasteiger partial charge in [-0.2, -0.15) is 0 Å². The first-order chi connectivity index (χ1) is 17.0. The Morgan fingerprint density at radius 3 is 2.66 bits per heavy atom. The summed E-state index contributed by atoms with van der Waals surface area (Å²) in [6.45, 7) is 0. The Kier molecular flexibility index (Phi) is 5.87. The highest BCUT2D eigenvalue weighted by Crippen LogP contribution is 2.44. The first kappa shape index (κ1) is 22.5. The van der Waals surface area contributed by atoms with E-state index in [0.717, 1.165) is 0 Å². The molecule has 0 saturated carbocycles. The quantitative estimate of drug-likeness (QED) is 0.213. The zero-order valence-electron chi connectivity index (χ0n) is 18.4. The van der Waals surface area contributed by atoms with Gasteiger partial charge in [-0.05, 0) is 54.7 Å². The summed E-state index contributed by atoms with van der Waals surface area (Å²) >= 11 is 5.61. The summed E-state index contributed by atoms with van der Waals surface area (Å²) in [6.07, 6.45) is 1.68. The lowest BCUT2D eigenvalue weighted by Gasteiger charge is -2.26. The molecule has 0 bridgehead atoms. The van der Waals surface area contributed by atoms with Crippen LogP contribution in [0.5, 0.6) is 5.75 Å². The van der Waals surface area contributed by atoms with E-state index in [0.29, 0.717) is 39.3 Å². The van der Waals surface area contributed by atoms with Gasteiger partial charge in [-0.1, -0.05) is 18.2 Å². The maximum absolute atomic E-state index is 14.9. The Labute approximate surface area is 205 Å². The minimum Gasteiger partial charge on any atom is -0.496 e. The summed E-state index contributed by atoms with van der Waals surface area (Å²) in [6, 6.07) is 18.8. The van der Waals surface area contributed by atoms with Crippen LogP contribution in [-0.4, -0.2) is 22.1 Å². The molecule has 1 saturated heterocycles. The van der Waals surface area contributed by atoms with Gasteiger partial charge in [0.1, 0.15) is 29.1 Å². The summed E-state index contributed by atoms with van der Waals surface area (Å²) in [5.74, 6) is 0.823. The Hall–Kier alpha value is -4.31. The summed E-state index contributed by atoms with van der Waals surface area (Å²) in [5, 5.41) is 14.7. The van der Waals surface area contributed by atoms with Gasteiger partial charge in [-0.3, -0.25) is 15.1 Å². The molecular formula is C25H19FN4O4S. The van der Waals surface area contributed by atoms with Crippen LogP contribution in [0.4, 0.5) is 15.8 Å². The molecule has 35 heavy (non-hydrogen) atoms. The predicted molar refractivity (Wildman–Crippen MR) is 132 cm³/mol. The SMILES string of the molecule is COc1cc([N+](=O)[O-])ccc1-c1ccc([C@@H]2[C@H](c3ccccn3)NC(=S)N2c2ccccc2F)o1. The van der Waals surface area contributed by atoms with Crippen LogP contribution in [0.3, 0.4) is 0 Å². The van der Waals surface area contributed by atoms with Crippen LogP contribution < -0.4 is 15.0 Å². The van der Waals surface area contributed by atoms with Crippen molar-refractivity contribution in [1.29, 1.82) is 0 Å². The maximum atomic E-state index is 14.9. The molecule has 0 unspecified atom stereocenters. The number of ether oxygens (including phenoxy) is 1. The highest BCUT2D eigenvalue weighted by Gasteiger charge is 2.43. The van der Waals surface area contributed by atoms with Crippen LogP contribution in [-0.2, 0) is 0 Å². The number of halogens is 1. The molecule has 2 aromatic carbocycles. The molecule has 10 heteroatoms. The Morgan fingerprint density at radius 2 is 1.94 bits per heavy atom. The van der Waals surface area contributed by atoms with E-state index in [-0.39, 0.29) is 5.69 Å². The first-order valence-corrected chi connectivity index (χ1v) is 11.1. The maximum Gasteiger partial charge on any atom is 0.273 e. The number of nitrogens with one attached hydrogen (secondary N) is 1. The number of hydrogen-bond acceptors (Lipinski definition) is 6. The van der Waals surface area contributed by atoms with E-state index in [1.807, 2.05) is 18.2 Å². The average molecular weight is 491 g/mol. The third-order valence-corrected chi connectivity index (χ3v) is 6.10. The minimum atomic E-state index is -0.549. The van der Waals surface area contributed by atoms with E-state index in [1.165, 1.54) is 25.3 Å². The van der Waals surface area contributed by atoms with Crippen molar-refractivity contribution in [2.24, 2.45) is 0 Å². The number of para-hydroxylation sites is 1. The standard InChI is InChI=1S/C25H19FN4O4S/c1-33-22-14-15(30(31)32)9-10-16(22)20-11-12-21(34-20)24-23(18-7-4-5-13-27-18)28-25(35)29(24)19-8-3-2-6-17(19)26/h2-14,23-24H,1H3,(H,28,35)/t23-,24+/m0/s1. The number of methoxy groups -OCH3 is 1. The molecule has 1 fully saturated rings. The zero-order chi connectivity index (χ0) is 24.5. The lowest BCUT2D eigenvalue weighted by molar-refractivity contribution is -0.384. The Balaban J connectivity index is 1.61. The van der Waals surface area contributed by atoms with Gasteiger partial charge in [0.15, 0.2) is 5.11 Å². The molecule has 8 nitrogen and oxygen atoms in total. The highest BCUT2D eigenvalue weighted by atomic mass is 32.1. The van der Waals surface area contributed by atoms with E-state index in [1.54, 1.807) is 47.5 Å².